The van der Waals surface area contributed by atoms with E-state index in [-0.39, 0.29) is 11.0 Å². The van der Waals surface area contributed by atoms with Gasteiger partial charge < -0.3 is 19.1 Å². The van der Waals surface area contributed by atoms with Crippen molar-refractivity contribution >= 4 is 0 Å². The van der Waals surface area contributed by atoms with E-state index in [1.807, 2.05) is 0 Å². The molecule has 0 aromatic heterocycles. The van der Waals surface area contributed by atoms with Gasteiger partial charge in [-0.1, -0.05) is 6.07 Å². The summed E-state index contributed by atoms with van der Waals surface area (Å²) >= 11 is 0. The number of hydrogen-bond donors (Lipinski definition) is 0. The number of rotatable bonds is 1. The first-order chi connectivity index (χ1) is 12.2. The van der Waals surface area contributed by atoms with Crippen molar-refractivity contribution in [1.29, 1.82) is 0 Å². The Kier molecular flexibility index (Phi) is 3.67. The maximum absolute atomic E-state index is 6.68. The molecule has 0 saturated carbocycles. The molecule has 136 valence electrons. The normalized spacial score (nSPS) is 36.6. The fourth-order valence-corrected chi connectivity index (χ4v) is 6.01. The Bertz CT molecular complexity index is 669. The topological polar surface area (TPSA) is 30.9 Å². The van der Waals surface area contributed by atoms with Crippen LogP contribution in [-0.4, -0.2) is 57.1 Å². The van der Waals surface area contributed by atoms with Crippen LogP contribution in [0.15, 0.2) is 18.2 Å². The zero-order valence-corrected chi connectivity index (χ0v) is 15.4. The quantitative estimate of drug-likeness (QED) is 0.785. The lowest BCUT2D eigenvalue weighted by Gasteiger charge is -2.62. The van der Waals surface area contributed by atoms with Crippen molar-refractivity contribution in [3.05, 3.63) is 29.3 Å². The molecule has 1 spiro atoms. The summed E-state index contributed by atoms with van der Waals surface area (Å²) in [6.45, 7) is 3.73. The van der Waals surface area contributed by atoms with Crippen LogP contribution in [0.2, 0.25) is 0 Å². The minimum atomic E-state index is 0.0548. The van der Waals surface area contributed by atoms with Crippen molar-refractivity contribution in [1.82, 2.24) is 4.90 Å². The number of benzene rings is 1. The number of nitrogens with zero attached hydrogens (tertiary/aromatic N) is 1. The predicted octanol–water partition coefficient (Wildman–Crippen LogP) is 2.78. The number of ether oxygens (including phenoxy) is 3. The molecule has 3 saturated heterocycles. The van der Waals surface area contributed by atoms with Crippen LogP contribution in [0.5, 0.6) is 5.75 Å². The number of likely N-dealkylation sites (N-methyl/N-ethyl adjacent to an activating group) is 1. The van der Waals surface area contributed by atoms with Gasteiger partial charge in [0.2, 0.25) is 0 Å². The predicted molar refractivity (Wildman–Crippen MR) is 96.3 cm³/mol. The second kappa shape index (κ2) is 5.70. The molecule has 1 aromatic carbocycles. The van der Waals surface area contributed by atoms with Crippen LogP contribution >= 0.6 is 0 Å². The summed E-state index contributed by atoms with van der Waals surface area (Å²) in [6.07, 6.45) is 5.65. The van der Waals surface area contributed by atoms with E-state index >= 15 is 0 Å². The average Bonchev–Trinajstić information content (AvgIpc) is 2.65. The lowest BCUT2D eigenvalue weighted by Crippen LogP contribution is -2.66. The van der Waals surface area contributed by atoms with Gasteiger partial charge in [0, 0.05) is 24.7 Å². The second-order valence-corrected chi connectivity index (χ2v) is 8.58. The summed E-state index contributed by atoms with van der Waals surface area (Å²) in [5, 5.41) is 0. The van der Waals surface area contributed by atoms with Crippen molar-refractivity contribution in [2.75, 3.05) is 40.5 Å². The molecule has 0 radical (unpaired) electrons. The molecule has 0 unspecified atom stereocenters. The van der Waals surface area contributed by atoms with Gasteiger partial charge in [-0.3, -0.25) is 0 Å². The highest BCUT2D eigenvalue weighted by Crippen LogP contribution is 2.56. The molecule has 5 rings (SSSR count). The number of piperidine rings is 1. The Morgan fingerprint density at radius 1 is 1.20 bits per heavy atom. The van der Waals surface area contributed by atoms with Crippen LogP contribution < -0.4 is 4.74 Å². The maximum Gasteiger partial charge on any atom is 0.119 e. The van der Waals surface area contributed by atoms with E-state index < -0.39 is 0 Å². The molecule has 2 bridgehead atoms. The van der Waals surface area contributed by atoms with E-state index in [4.69, 9.17) is 14.2 Å². The molecule has 3 fully saturated rings. The number of likely N-dealkylation sites (tertiary alicyclic amines) is 1. The molecule has 1 aliphatic carbocycles. The highest BCUT2D eigenvalue weighted by molar-refractivity contribution is 5.46. The van der Waals surface area contributed by atoms with Crippen molar-refractivity contribution in [2.24, 2.45) is 5.92 Å². The van der Waals surface area contributed by atoms with Gasteiger partial charge in [-0.25, -0.2) is 0 Å². The summed E-state index contributed by atoms with van der Waals surface area (Å²) in [7, 11) is 4.08. The molecule has 1 aromatic rings. The SMILES string of the molecule is COc1ccc2c(c1)[C@]13CCN(C)[C@H](C2)[C@@H]1CC1(CCOCC1)OC3. The summed E-state index contributed by atoms with van der Waals surface area (Å²) in [5.74, 6) is 1.66. The molecule has 0 amide bonds. The second-order valence-electron chi connectivity index (χ2n) is 8.58. The van der Waals surface area contributed by atoms with Gasteiger partial charge in [-0.05, 0) is 74.9 Å². The molecule has 4 nitrogen and oxygen atoms in total. The molecule has 25 heavy (non-hydrogen) atoms. The number of fused-ring (bicyclic) bond motifs is 1. The van der Waals surface area contributed by atoms with Crippen LogP contribution in [0.1, 0.15) is 36.8 Å². The minimum Gasteiger partial charge on any atom is -0.497 e. The lowest BCUT2D eigenvalue weighted by atomic mass is 9.53. The monoisotopic (exact) mass is 343 g/mol. The van der Waals surface area contributed by atoms with Crippen molar-refractivity contribution < 1.29 is 14.2 Å². The van der Waals surface area contributed by atoms with Gasteiger partial charge in [0.1, 0.15) is 5.75 Å². The average molecular weight is 343 g/mol. The van der Waals surface area contributed by atoms with Crippen LogP contribution in [0.3, 0.4) is 0 Å². The number of methoxy groups -OCH3 is 1. The number of hydrogen-bond acceptors (Lipinski definition) is 4. The Balaban J connectivity index is 1.58. The fraction of sp³-hybridized carbons (Fsp3) is 0.714. The first kappa shape index (κ1) is 16.1. The molecule has 0 N–H and O–H groups in total. The third kappa shape index (κ3) is 2.30. The van der Waals surface area contributed by atoms with Gasteiger partial charge in [-0.15, -0.1) is 0 Å². The van der Waals surface area contributed by atoms with Gasteiger partial charge in [-0.2, -0.15) is 0 Å². The maximum atomic E-state index is 6.68. The van der Waals surface area contributed by atoms with E-state index in [9.17, 15) is 0 Å². The molecule has 3 heterocycles. The van der Waals surface area contributed by atoms with Gasteiger partial charge >= 0.3 is 0 Å². The van der Waals surface area contributed by atoms with Crippen LogP contribution in [-0.2, 0) is 21.3 Å². The van der Waals surface area contributed by atoms with Crippen LogP contribution in [0, 0.1) is 5.92 Å². The summed E-state index contributed by atoms with van der Waals surface area (Å²) < 4.78 is 17.9. The Hall–Kier alpha value is -1.10. The Morgan fingerprint density at radius 2 is 2.04 bits per heavy atom. The minimum absolute atomic E-state index is 0.0548. The third-order valence-electron chi connectivity index (χ3n) is 7.57. The first-order valence-electron chi connectivity index (χ1n) is 9.75. The van der Waals surface area contributed by atoms with Gasteiger partial charge in [0.15, 0.2) is 0 Å². The summed E-state index contributed by atoms with van der Waals surface area (Å²) in [5.41, 5.74) is 3.23. The zero-order valence-electron chi connectivity index (χ0n) is 15.4. The smallest absolute Gasteiger partial charge is 0.119 e. The molecular formula is C21H29NO3. The van der Waals surface area contributed by atoms with Crippen molar-refractivity contribution in [3.63, 3.8) is 0 Å². The molecule has 4 aliphatic rings. The Labute approximate surface area is 150 Å². The Morgan fingerprint density at radius 3 is 2.84 bits per heavy atom. The van der Waals surface area contributed by atoms with Crippen molar-refractivity contribution in [3.8, 4) is 5.75 Å². The highest BCUT2D eigenvalue weighted by Gasteiger charge is 2.58. The highest BCUT2D eigenvalue weighted by atomic mass is 16.5. The standard InChI is InChI=1S/C21H29NO3/c1-22-8-5-21-14-25-20(6-9-24-10-7-20)13-18(21)19(22)11-15-3-4-16(23-2)12-17(15)21/h3-4,12,18-19H,5-11,13-14H2,1-2H3/t18-,19+,21+/m0/s1. The van der Waals surface area contributed by atoms with Gasteiger partial charge in [0.05, 0.1) is 19.3 Å². The zero-order chi connectivity index (χ0) is 17.1. The van der Waals surface area contributed by atoms with Crippen LogP contribution in [0.4, 0.5) is 0 Å². The van der Waals surface area contributed by atoms with E-state index in [1.54, 1.807) is 7.11 Å². The van der Waals surface area contributed by atoms with Crippen molar-refractivity contribution in [2.45, 2.75) is 49.2 Å². The van der Waals surface area contributed by atoms with E-state index in [1.165, 1.54) is 24.0 Å². The largest absolute Gasteiger partial charge is 0.497 e. The third-order valence-corrected chi connectivity index (χ3v) is 7.57. The molecule has 3 atom stereocenters. The molecule has 3 aliphatic heterocycles. The van der Waals surface area contributed by atoms with E-state index in [0.29, 0.717) is 12.0 Å². The lowest BCUT2D eigenvalue weighted by molar-refractivity contribution is -0.196. The summed E-state index contributed by atoms with van der Waals surface area (Å²) in [6, 6.07) is 7.35. The van der Waals surface area contributed by atoms with Gasteiger partial charge in [0.25, 0.3) is 0 Å². The fourth-order valence-electron chi connectivity index (χ4n) is 6.01. The molecular weight excluding hydrogens is 314 g/mol. The first-order valence-corrected chi connectivity index (χ1v) is 9.75. The molecule has 4 heteroatoms. The van der Waals surface area contributed by atoms with E-state index in [2.05, 4.69) is 30.1 Å². The van der Waals surface area contributed by atoms with Crippen LogP contribution in [0.25, 0.3) is 0 Å². The summed E-state index contributed by atoms with van der Waals surface area (Å²) in [4.78, 5) is 2.61. The van der Waals surface area contributed by atoms with E-state index in [0.717, 1.165) is 51.4 Å².